The first kappa shape index (κ1) is 26.3. The van der Waals surface area contributed by atoms with Gasteiger partial charge in [-0.2, -0.15) is 0 Å². The number of nitrogens with zero attached hydrogens (tertiary/aromatic N) is 5. The summed E-state index contributed by atoms with van der Waals surface area (Å²) in [5.41, 5.74) is 2.22. The molecule has 2 heterocycles. The van der Waals surface area contributed by atoms with E-state index in [9.17, 15) is 23.8 Å². The van der Waals surface area contributed by atoms with Crippen molar-refractivity contribution in [3.63, 3.8) is 0 Å². The Labute approximate surface area is 214 Å². The molecule has 3 aromatic rings. The fraction of sp³-hybridized carbons (Fsp3) is 0.423. The molecular formula is C26H32F2N6O3. The van der Waals surface area contributed by atoms with E-state index >= 15 is 0 Å². The molecule has 1 atom stereocenters. The molecule has 1 saturated heterocycles. The van der Waals surface area contributed by atoms with Crippen molar-refractivity contribution in [1.82, 2.24) is 25.0 Å². The Bertz CT molecular complexity index is 1250. The van der Waals surface area contributed by atoms with Gasteiger partial charge in [0.1, 0.15) is 18.2 Å². The van der Waals surface area contributed by atoms with Crippen molar-refractivity contribution in [1.29, 1.82) is 0 Å². The SMILES string of the molecule is CCN1CCN(c2ccc(-n3c(C(=O)NCCF)nnc3-c3cc(C(C)C)c(O)cc3O)cc2)CC1F. The van der Waals surface area contributed by atoms with E-state index in [-0.39, 0.29) is 47.7 Å². The molecule has 1 aliphatic heterocycles. The van der Waals surface area contributed by atoms with Crippen molar-refractivity contribution in [3.05, 3.63) is 47.8 Å². The molecule has 0 aliphatic carbocycles. The number of piperazine rings is 1. The van der Waals surface area contributed by atoms with Crippen molar-refractivity contribution in [2.75, 3.05) is 44.3 Å². The number of carbonyl (C=O) groups is 1. The Morgan fingerprint density at radius 2 is 1.81 bits per heavy atom. The number of likely N-dealkylation sites (N-methyl/N-ethyl adjacent to an activating group) is 1. The number of nitrogens with one attached hydrogen (secondary N) is 1. The zero-order chi connectivity index (χ0) is 26.7. The van der Waals surface area contributed by atoms with Crippen LogP contribution in [-0.2, 0) is 0 Å². The lowest BCUT2D eigenvalue weighted by Crippen LogP contribution is -2.51. The van der Waals surface area contributed by atoms with E-state index in [0.717, 1.165) is 5.69 Å². The number of phenols is 2. The van der Waals surface area contributed by atoms with Crippen molar-refractivity contribution >= 4 is 11.6 Å². The molecule has 198 valence electrons. The molecule has 1 amide bonds. The fourth-order valence-corrected chi connectivity index (χ4v) is 4.51. The van der Waals surface area contributed by atoms with Gasteiger partial charge in [-0.3, -0.25) is 14.3 Å². The molecule has 1 aliphatic rings. The highest BCUT2D eigenvalue weighted by Gasteiger charge is 2.27. The van der Waals surface area contributed by atoms with Crippen LogP contribution in [0.15, 0.2) is 36.4 Å². The molecule has 9 nitrogen and oxygen atoms in total. The first-order valence-electron chi connectivity index (χ1n) is 12.3. The van der Waals surface area contributed by atoms with Gasteiger partial charge in [-0.15, -0.1) is 10.2 Å². The molecule has 3 N–H and O–H groups in total. The predicted octanol–water partition coefficient (Wildman–Crippen LogP) is 3.61. The molecule has 11 heteroatoms. The minimum absolute atomic E-state index is 0.0465. The number of phenolic OH excluding ortho intramolecular Hbond substituents is 2. The number of aromatic nitrogens is 3. The molecular weight excluding hydrogens is 482 g/mol. The summed E-state index contributed by atoms with van der Waals surface area (Å²) in [4.78, 5) is 16.6. The van der Waals surface area contributed by atoms with Gasteiger partial charge in [-0.25, -0.2) is 8.78 Å². The number of aromatic hydroxyl groups is 2. The smallest absolute Gasteiger partial charge is 0.289 e. The average molecular weight is 515 g/mol. The Morgan fingerprint density at radius 3 is 2.43 bits per heavy atom. The molecule has 0 spiro atoms. The van der Waals surface area contributed by atoms with Crippen LogP contribution < -0.4 is 10.2 Å². The maximum Gasteiger partial charge on any atom is 0.289 e. The van der Waals surface area contributed by atoms with E-state index in [2.05, 4.69) is 15.5 Å². The highest BCUT2D eigenvalue weighted by molar-refractivity contribution is 5.92. The number of carbonyl (C=O) groups excluding carboxylic acids is 1. The Kier molecular flexibility index (Phi) is 7.91. The van der Waals surface area contributed by atoms with Gasteiger partial charge in [0.05, 0.1) is 12.1 Å². The minimum atomic E-state index is -1.05. The van der Waals surface area contributed by atoms with Crippen LogP contribution in [0.4, 0.5) is 14.5 Å². The van der Waals surface area contributed by atoms with Gasteiger partial charge < -0.3 is 20.4 Å². The number of hydrogen-bond acceptors (Lipinski definition) is 7. The van der Waals surface area contributed by atoms with Gasteiger partial charge in [-0.05, 0) is 48.4 Å². The van der Waals surface area contributed by atoms with E-state index < -0.39 is 18.9 Å². The Morgan fingerprint density at radius 1 is 1.11 bits per heavy atom. The number of amides is 1. The van der Waals surface area contributed by atoms with Crippen molar-refractivity contribution in [2.45, 2.75) is 33.0 Å². The lowest BCUT2D eigenvalue weighted by atomic mass is 9.98. The van der Waals surface area contributed by atoms with Crippen LogP contribution >= 0.6 is 0 Å². The van der Waals surface area contributed by atoms with E-state index in [0.29, 0.717) is 30.9 Å². The molecule has 0 radical (unpaired) electrons. The van der Waals surface area contributed by atoms with Gasteiger partial charge in [0, 0.05) is 37.1 Å². The zero-order valence-corrected chi connectivity index (χ0v) is 21.2. The first-order chi connectivity index (χ1) is 17.7. The van der Waals surface area contributed by atoms with Gasteiger partial charge in [0.2, 0.25) is 5.82 Å². The van der Waals surface area contributed by atoms with E-state index in [1.54, 1.807) is 23.1 Å². The quantitative estimate of drug-likeness (QED) is 0.394. The third-order valence-electron chi connectivity index (χ3n) is 6.56. The third-order valence-corrected chi connectivity index (χ3v) is 6.56. The van der Waals surface area contributed by atoms with Crippen molar-refractivity contribution in [3.8, 4) is 28.6 Å². The predicted molar refractivity (Wildman–Crippen MR) is 137 cm³/mol. The number of alkyl halides is 2. The summed E-state index contributed by atoms with van der Waals surface area (Å²) >= 11 is 0. The summed E-state index contributed by atoms with van der Waals surface area (Å²) in [5.74, 6) is -0.866. The average Bonchev–Trinajstić information content (AvgIpc) is 3.32. The molecule has 1 fully saturated rings. The molecule has 4 rings (SSSR count). The number of benzene rings is 2. The van der Waals surface area contributed by atoms with E-state index in [4.69, 9.17) is 0 Å². The lowest BCUT2D eigenvalue weighted by molar-refractivity contribution is 0.0761. The van der Waals surface area contributed by atoms with Crippen LogP contribution in [0.3, 0.4) is 0 Å². The Balaban J connectivity index is 1.76. The molecule has 0 saturated carbocycles. The summed E-state index contributed by atoms with van der Waals surface area (Å²) in [6.07, 6.45) is -1.05. The molecule has 1 aromatic heterocycles. The summed E-state index contributed by atoms with van der Waals surface area (Å²) in [7, 11) is 0. The van der Waals surface area contributed by atoms with Gasteiger partial charge in [-0.1, -0.05) is 20.8 Å². The summed E-state index contributed by atoms with van der Waals surface area (Å²) in [6.45, 7) is 7.02. The number of hydrogen-bond donors (Lipinski definition) is 3. The van der Waals surface area contributed by atoms with Crippen molar-refractivity contribution in [2.24, 2.45) is 0 Å². The van der Waals surface area contributed by atoms with Crippen molar-refractivity contribution < 1.29 is 23.8 Å². The lowest BCUT2D eigenvalue weighted by Gasteiger charge is -2.38. The highest BCUT2D eigenvalue weighted by Crippen LogP contribution is 2.38. The van der Waals surface area contributed by atoms with Crippen LogP contribution in [0.5, 0.6) is 11.5 Å². The van der Waals surface area contributed by atoms with E-state index in [1.165, 1.54) is 10.6 Å². The normalized spacial score (nSPS) is 16.4. The first-order valence-corrected chi connectivity index (χ1v) is 12.3. The van der Waals surface area contributed by atoms with Crippen LogP contribution in [0.2, 0.25) is 0 Å². The van der Waals surface area contributed by atoms with Gasteiger partial charge in [0.15, 0.2) is 12.1 Å². The fourth-order valence-electron chi connectivity index (χ4n) is 4.51. The summed E-state index contributed by atoms with van der Waals surface area (Å²) < 4.78 is 28.7. The zero-order valence-electron chi connectivity index (χ0n) is 21.2. The Hall–Kier alpha value is -3.73. The van der Waals surface area contributed by atoms with Crippen LogP contribution in [0.1, 0.15) is 42.9 Å². The summed E-state index contributed by atoms with van der Waals surface area (Å²) in [5, 5.41) is 31.6. The second-order valence-electron chi connectivity index (χ2n) is 9.24. The van der Waals surface area contributed by atoms with Gasteiger partial charge in [0.25, 0.3) is 5.91 Å². The largest absolute Gasteiger partial charge is 0.508 e. The third kappa shape index (κ3) is 5.36. The molecule has 2 aromatic carbocycles. The van der Waals surface area contributed by atoms with Crippen LogP contribution in [-0.4, -0.2) is 81.5 Å². The number of halogens is 2. The maximum atomic E-state index is 14.5. The van der Waals surface area contributed by atoms with Gasteiger partial charge >= 0.3 is 0 Å². The minimum Gasteiger partial charge on any atom is -0.508 e. The standard InChI is InChI=1S/C26H32F2N6O3/c1-4-32-11-12-33(15-23(32)28)17-5-7-18(8-6-17)34-24(30-31-25(34)26(37)29-10-9-27)20-13-19(16(2)3)21(35)14-22(20)36/h5-8,13-14,16,23,35-36H,4,9-12,15H2,1-3H3,(H,29,37). The second-order valence-corrected chi connectivity index (χ2v) is 9.24. The summed E-state index contributed by atoms with van der Waals surface area (Å²) in [6, 6.07) is 10.0. The molecule has 0 bridgehead atoms. The highest BCUT2D eigenvalue weighted by atomic mass is 19.1. The monoisotopic (exact) mass is 514 g/mol. The van der Waals surface area contributed by atoms with Crippen LogP contribution in [0, 0.1) is 0 Å². The van der Waals surface area contributed by atoms with E-state index in [1.807, 2.05) is 37.8 Å². The number of anilines is 1. The molecule has 1 unspecified atom stereocenters. The number of rotatable bonds is 8. The topological polar surface area (TPSA) is 107 Å². The maximum absolute atomic E-state index is 14.5. The molecule has 37 heavy (non-hydrogen) atoms. The second kappa shape index (κ2) is 11.1. The van der Waals surface area contributed by atoms with Crippen LogP contribution in [0.25, 0.3) is 17.1 Å².